The maximum absolute atomic E-state index is 11.8. The van der Waals surface area contributed by atoms with E-state index >= 15 is 0 Å². The lowest BCUT2D eigenvalue weighted by Gasteiger charge is -2.35. The van der Waals surface area contributed by atoms with Gasteiger partial charge in [-0.05, 0) is 39.0 Å². The van der Waals surface area contributed by atoms with E-state index in [2.05, 4.69) is 0 Å². The lowest BCUT2D eigenvalue weighted by molar-refractivity contribution is -0.149. The molecule has 1 saturated heterocycles. The van der Waals surface area contributed by atoms with Crippen molar-refractivity contribution in [3.63, 3.8) is 0 Å². The quantitative estimate of drug-likeness (QED) is 0.756. The fourth-order valence-electron chi connectivity index (χ4n) is 2.67. The summed E-state index contributed by atoms with van der Waals surface area (Å²) in [5.41, 5.74) is -0.495. The Morgan fingerprint density at radius 3 is 2.47 bits per heavy atom. The first-order valence-corrected chi connectivity index (χ1v) is 5.98. The third kappa shape index (κ3) is 2.37. The monoisotopic (exact) mass is 241 g/mol. The summed E-state index contributed by atoms with van der Waals surface area (Å²) >= 11 is 0. The summed E-state index contributed by atoms with van der Waals surface area (Å²) in [6, 6.07) is 0. The summed E-state index contributed by atoms with van der Waals surface area (Å²) in [7, 11) is 0. The Kier molecular flexibility index (Phi) is 2.79. The smallest absolute Gasteiger partial charge is 0.410 e. The van der Waals surface area contributed by atoms with Crippen LogP contribution in [0.2, 0.25) is 0 Å². The van der Waals surface area contributed by atoms with E-state index in [0.29, 0.717) is 25.4 Å². The zero-order chi connectivity index (χ0) is 12.8. The Bertz CT molecular complexity index is 347. The van der Waals surface area contributed by atoms with Crippen molar-refractivity contribution < 1.29 is 19.4 Å². The van der Waals surface area contributed by atoms with Crippen molar-refractivity contribution in [1.29, 1.82) is 0 Å². The molecule has 1 aliphatic carbocycles. The Labute approximate surface area is 101 Å². The van der Waals surface area contributed by atoms with Crippen molar-refractivity contribution in [2.45, 2.75) is 32.8 Å². The molecule has 0 unspecified atom stereocenters. The highest BCUT2D eigenvalue weighted by Gasteiger charge is 2.51. The van der Waals surface area contributed by atoms with E-state index in [4.69, 9.17) is 9.84 Å². The van der Waals surface area contributed by atoms with E-state index < -0.39 is 11.6 Å². The molecule has 0 spiro atoms. The van der Waals surface area contributed by atoms with Crippen molar-refractivity contribution in [1.82, 2.24) is 4.90 Å². The Morgan fingerprint density at radius 2 is 1.94 bits per heavy atom. The minimum Gasteiger partial charge on any atom is -0.481 e. The summed E-state index contributed by atoms with van der Waals surface area (Å²) in [6.45, 7) is 6.65. The number of carboxylic acid groups (broad SMARTS) is 1. The van der Waals surface area contributed by atoms with Gasteiger partial charge >= 0.3 is 12.1 Å². The number of carboxylic acids is 1. The van der Waals surface area contributed by atoms with Crippen LogP contribution in [0.25, 0.3) is 0 Å². The maximum Gasteiger partial charge on any atom is 0.410 e. The van der Waals surface area contributed by atoms with Gasteiger partial charge in [-0.1, -0.05) is 0 Å². The van der Waals surface area contributed by atoms with Crippen LogP contribution in [0.1, 0.15) is 27.2 Å². The molecule has 2 aliphatic rings. The van der Waals surface area contributed by atoms with Crippen LogP contribution < -0.4 is 0 Å². The van der Waals surface area contributed by atoms with Gasteiger partial charge in [0.25, 0.3) is 0 Å². The first kappa shape index (κ1) is 12.2. The van der Waals surface area contributed by atoms with Gasteiger partial charge in [-0.15, -0.1) is 0 Å². The standard InChI is InChI=1S/C12H19NO4/c1-12(2,3)17-11(16)13-5-7-4-8(10(14)15)9(7)6-13/h7-9H,4-6H2,1-3H3,(H,14,15)/t7-,8+,9+/m1/s1. The minimum absolute atomic E-state index is 0.125. The van der Waals surface area contributed by atoms with Crippen molar-refractivity contribution in [2.24, 2.45) is 17.8 Å². The van der Waals surface area contributed by atoms with Gasteiger partial charge in [-0.2, -0.15) is 0 Å². The zero-order valence-electron chi connectivity index (χ0n) is 10.5. The van der Waals surface area contributed by atoms with Crippen LogP contribution >= 0.6 is 0 Å². The SMILES string of the molecule is CC(C)(C)OC(=O)N1C[C@H]2C[C@H](C(=O)O)[C@H]2C1. The van der Waals surface area contributed by atoms with Gasteiger partial charge in [-0.25, -0.2) is 4.79 Å². The number of nitrogens with zero attached hydrogens (tertiary/aromatic N) is 1. The summed E-state index contributed by atoms with van der Waals surface area (Å²) in [5.74, 6) is -0.534. The number of amides is 1. The van der Waals surface area contributed by atoms with E-state index in [-0.39, 0.29) is 17.9 Å². The van der Waals surface area contributed by atoms with Crippen LogP contribution in [-0.4, -0.2) is 40.8 Å². The Balaban J connectivity index is 1.91. The largest absolute Gasteiger partial charge is 0.481 e. The molecule has 1 aliphatic heterocycles. The second-order valence-electron chi connectivity index (χ2n) is 5.99. The van der Waals surface area contributed by atoms with Crippen LogP contribution in [0.15, 0.2) is 0 Å². The lowest BCUT2D eigenvalue weighted by atomic mass is 9.67. The van der Waals surface area contributed by atoms with Crippen molar-refractivity contribution >= 4 is 12.1 Å². The Morgan fingerprint density at radius 1 is 1.29 bits per heavy atom. The molecule has 0 aromatic rings. The number of likely N-dealkylation sites (tertiary alicyclic amines) is 1. The van der Waals surface area contributed by atoms with Gasteiger partial charge in [0.15, 0.2) is 0 Å². The predicted octanol–water partition coefficient (Wildman–Crippen LogP) is 1.57. The predicted molar refractivity (Wildman–Crippen MR) is 60.5 cm³/mol. The van der Waals surface area contributed by atoms with Gasteiger partial charge in [0.2, 0.25) is 0 Å². The number of hydrogen-bond acceptors (Lipinski definition) is 3. The third-order valence-corrected chi connectivity index (χ3v) is 3.53. The molecule has 0 aromatic heterocycles. The summed E-state index contributed by atoms with van der Waals surface area (Å²) in [6.07, 6.45) is 0.371. The summed E-state index contributed by atoms with van der Waals surface area (Å²) < 4.78 is 5.28. The van der Waals surface area contributed by atoms with Crippen molar-refractivity contribution in [3.8, 4) is 0 Å². The zero-order valence-corrected chi connectivity index (χ0v) is 10.5. The lowest BCUT2D eigenvalue weighted by Crippen LogP contribution is -2.40. The van der Waals surface area contributed by atoms with E-state index in [1.807, 2.05) is 20.8 Å². The van der Waals surface area contributed by atoms with Crippen LogP contribution in [0.4, 0.5) is 4.79 Å². The molecule has 3 atom stereocenters. The molecule has 1 amide bonds. The molecular formula is C12H19NO4. The highest BCUT2D eigenvalue weighted by Crippen LogP contribution is 2.45. The van der Waals surface area contributed by atoms with Crippen LogP contribution in [0, 0.1) is 17.8 Å². The molecule has 0 bridgehead atoms. The first-order valence-electron chi connectivity index (χ1n) is 5.98. The van der Waals surface area contributed by atoms with Crippen LogP contribution in [0.5, 0.6) is 0 Å². The fourth-order valence-corrected chi connectivity index (χ4v) is 2.67. The molecule has 1 heterocycles. The van der Waals surface area contributed by atoms with Crippen LogP contribution in [-0.2, 0) is 9.53 Å². The molecular weight excluding hydrogens is 222 g/mol. The molecule has 5 nitrogen and oxygen atoms in total. The highest BCUT2D eigenvalue weighted by atomic mass is 16.6. The second-order valence-corrected chi connectivity index (χ2v) is 5.99. The number of ether oxygens (including phenoxy) is 1. The molecule has 0 radical (unpaired) electrons. The number of carbonyl (C=O) groups is 2. The summed E-state index contributed by atoms with van der Waals surface area (Å²) in [5, 5.41) is 8.96. The number of rotatable bonds is 1. The third-order valence-electron chi connectivity index (χ3n) is 3.53. The molecule has 2 fully saturated rings. The van der Waals surface area contributed by atoms with E-state index in [9.17, 15) is 9.59 Å². The van der Waals surface area contributed by atoms with Gasteiger partial charge in [0, 0.05) is 13.1 Å². The number of aliphatic carboxylic acids is 1. The molecule has 2 rings (SSSR count). The van der Waals surface area contributed by atoms with E-state index in [1.165, 1.54) is 0 Å². The van der Waals surface area contributed by atoms with Crippen LogP contribution in [0.3, 0.4) is 0 Å². The first-order chi connectivity index (χ1) is 7.78. The van der Waals surface area contributed by atoms with Gasteiger partial charge in [0.1, 0.15) is 5.60 Å². The minimum atomic E-state index is -0.739. The van der Waals surface area contributed by atoms with Crippen molar-refractivity contribution in [2.75, 3.05) is 13.1 Å². The van der Waals surface area contributed by atoms with Crippen molar-refractivity contribution in [3.05, 3.63) is 0 Å². The molecule has 1 saturated carbocycles. The van der Waals surface area contributed by atoms with Gasteiger partial charge < -0.3 is 14.7 Å². The van der Waals surface area contributed by atoms with E-state index in [0.717, 1.165) is 0 Å². The average Bonchev–Trinajstić information content (AvgIpc) is 2.40. The molecule has 5 heteroatoms. The molecule has 0 aromatic carbocycles. The maximum atomic E-state index is 11.8. The number of carbonyl (C=O) groups excluding carboxylic acids is 1. The van der Waals surface area contributed by atoms with Gasteiger partial charge in [-0.3, -0.25) is 4.79 Å². The topological polar surface area (TPSA) is 66.8 Å². The average molecular weight is 241 g/mol. The Hall–Kier alpha value is -1.26. The summed E-state index contributed by atoms with van der Waals surface area (Å²) in [4.78, 5) is 24.3. The number of fused-ring (bicyclic) bond motifs is 1. The highest BCUT2D eigenvalue weighted by molar-refractivity contribution is 5.73. The molecule has 96 valence electrons. The molecule has 1 N–H and O–H groups in total. The normalized spacial score (nSPS) is 31.7. The van der Waals surface area contributed by atoms with E-state index in [1.54, 1.807) is 4.90 Å². The van der Waals surface area contributed by atoms with Gasteiger partial charge in [0.05, 0.1) is 5.92 Å². The molecule has 17 heavy (non-hydrogen) atoms. The number of hydrogen-bond donors (Lipinski definition) is 1. The second kappa shape index (κ2) is 3.89. The fraction of sp³-hybridized carbons (Fsp3) is 0.833.